The molecule has 1 aliphatic rings. The highest BCUT2D eigenvalue weighted by Crippen LogP contribution is 2.28. The summed E-state index contributed by atoms with van der Waals surface area (Å²) in [5.74, 6) is 1.80. The van der Waals surface area contributed by atoms with E-state index in [0.717, 1.165) is 11.7 Å². The van der Waals surface area contributed by atoms with Crippen LogP contribution in [0.1, 0.15) is 44.6 Å². The molecule has 1 saturated carbocycles. The molecular formula is C23H28ClO. The van der Waals surface area contributed by atoms with Gasteiger partial charge in [0.05, 0.1) is 5.38 Å². The fourth-order valence-electron chi connectivity index (χ4n) is 3.47. The van der Waals surface area contributed by atoms with Gasteiger partial charge in [0.2, 0.25) is 0 Å². The highest BCUT2D eigenvalue weighted by Gasteiger charge is 2.13. The fourth-order valence-corrected chi connectivity index (χ4v) is 3.54. The minimum Gasteiger partial charge on any atom is -0.492 e. The van der Waals surface area contributed by atoms with E-state index in [-0.39, 0.29) is 5.38 Å². The quantitative estimate of drug-likeness (QED) is 0.503. The molecule has 2 aromatic carbocycles. The van der Waals surface area contributed by atoms with Crippen molar-refractivity contribution in [3.8, 4) is 16.9 Å². The average Bonchev–Trinajstić information content (AvgIpc) is 2.66. The third-order valence-electron chi connectivity index (χ3n) is 5.02. The van der Waals surface area contributed by atoms with Gasteiger partial charge in [-0.1, -0.05) is 49.2 Å². The van der Waals surface area contributed by atoms with E-state index in [1.807, 2.05) is 19.1 Å². The summed E-state index contributed by atoms with van der Waals surface area (Å²) in [6, 6.07) is 17.3. The Labute approximate surface area is 157 Å². The molecule has 133 valence electrons. The van der Waals surface area contributed by atoms with Crippen LogP contribution < -0.4 is 4.74 Å². The van der Waals surface area contributed by atoms with E-state index in [4.69, 9.17) is 16.3 Å². The lowest BCUT2D eigenvalue weighted by molar-refractivity contribution is 0.320. The molecule has 0 saturated heterocycles. The van der Waals surface area contributed by atoms with Gasteiger partial charge in [0.15, 0.2) is 0 Å². The standard InChI is InChI=1S/C23H28ClO/c1-18(24)17-25-23-15-13-22(14-16-23)21-11-9-20(10-12-21)8-7-19-5-3-2-4-6-19/h2,9-16,18-19H,3-8,17H2,1H3. The van der Waals surface area contributed by atoms with E-state index in [2.05, 4.69) is 42.8 Å². The summed E-state index contributed by atoms with van der Waals surface area (Å²) >= 11 is 5.92. The number of aryl methyl sites for hydroxylation is 1. The van der Waals surface area contributed by atoms with Crippen LogP contribution in [0.25, 0.3) is 11.1 Å². The van der Waals surface area contributed by atoms with Crippen molar-refractivity contribution in [1.29, 1.82) is 0 Å². The minimum atomic E-state index is 0.0268. The van der Waals surface area contributed by atoms with E-state index < -0.39 is 0 Å². The van der Waals surface area contributed by atoms with Crippen LogP contribution in [-0.4, -0.2) is 12.0 Å². The molecule has 0 amide bonds. The third kappa shape index (κ3) is 5.78. The van der Waals surface area contributed by atoms with Crippen molar-refractivity contribution in [3.05, 3.63) is 60.5 Å². The van der Waals surface area contributed by atoms with Gasteiger partial charge in [-0.15, -0.1) is 11.6 Å². The van der Waals surface area contributed by atoms with Gasteiger partial charge in [0.25, 0.3) is 0 Å². The van der Waals surface area contributed by atoms with Crippen molar-refractivity contribution in [2.75, 3.05) is 6.61 Å². The van der Waals surface area contributed by atoms with Crippen molar-refractivity contribution in [3.63, 3.8) is 0 Å². The highest BCUT2D eigenvalue weighted by molar-refractivity contribution is 6.20. The van der Waals surface area contributed by atoms with Crippen LogP contribution in [0.4, 0.5) is 0 Å². The monoisotopic (exact) mass is 355 g/mol. The Morgan fingerprint density at radius 3 is 2.16 bits per heavy atom. The lowest BCUT2D eigenvalue weighted by atomic mass is 9.85. The van der Waals surface area contributed by atoms with Gasteiger partial charge in [0.1, 0.15) is 12.4 Å². The molecule has 2 aromatic rings. The molecule has 1 fully saturated rings. The number of ether oxygens (including phenoxy) is 1. The molecule has 2 heteroatoms. The fraction of sp³-hybridized carbons (Fsp3) is 0.435. The van der Waals surface area contributed by atoms with Crippen LogP contribution in [0, 0.1) is 12.3 Å². The normalized spacial score (nSPS) is 16.6. The molecule has 0 aromatic heterocycles. The molecule has 1 radical (unpaired) electrons. The SMILES string of the molecule is CC(Cl)COc1ccc(-c2ccc(CCC3CC[CH]CC3)cc2)cc1. The molecule has 0 bridgehead atoms. The summed E-state index contributed by atoms with van der Waals surface area (Å²) in [4.78, 5) is 0. The van der Waals surface area contributed by atoms with E-state index >= 15 is 0 Å². The molecule has 1 aliphatic carbocycles. The zero-order valence-corrected chi connectivity index (χ0v) is 15.8. The predicted molar refractivity (Wildman–Crippen MR) is 107 cm³/mol. The Hall–Kier alpha value is -1.47. The number of hydrogen-bond acceptors (Lipinski definition) is 1. The summed E-state index contributed by atoms with van der Waals surface area (Å²) < 4.78 is 5.63. The summed E-state index contributed by atoms with van der Waals surface area (Å²) in [5, 5.41) is 0.0268. The van der Waals surface area contributed by atoms with E-state index in [1.165, 1.54) is 55.2 Å². The molecule has 0 spiro atoms. The number of hydrogen-bond donors (Lipinski definition) is 0. The van der Waals surface area contributed by atoms with Crippen molar-refractivity contribution in [2.24, 2.45) is 5.92 Å². The maximum absolute atomic E-state index is 5.92. The molecule has 1 atom stereocenters. The van der Waals surface area contributed by atoms with Crippen LogP contribution in [0.5, 0.6) is 5.75 Å². The largest absolute Gasteiger partial charge is 0.492 e. The molecule has 0 aliphatic heterocycles. The summed E-state index contributed by atoms with van der Waals surface area (Å²) in [7, 11) is 0. The molecule has 3 rings (SSSR count). The second-order valence-electron chi connectivity index (χ2n) is 7.16. The smallest absolute Gasteiger partial charge is 0.119 e. The lowest BCUT2D eigenvalue weighted by Crippen LogP contribution is -2.07. The average molecular weight is 356 g/mol. The lowest BCUT2D eigenvalue weighted by Gasteiger charge is -2.21. The van der Waals surface area contributed by atoms with Crippen molar-refractivity contribution >= 4 is 11.6 Å². The first-order chi connectivity index (χ1) is 12.2. The molecule has 0 heterocycles. The van der Waals surface area contributed by atoms with Crippen LogP contribution in [-0.2, 0) is 6.42 Å². The Bertz CT molecular complexity index is 624. The Morgan fingerprint density at radius 2 is 1.56 bits per heavy atom. The first kappa shape index (κ1) is 18.3. The highest BCUT2D eigenvalue weighted by atomic mass is 35.5. The predicted octanol–water partition coefficient (Wildman–Crippen LogP) is 6.69. The van der Waals surface area contributed by atoms with Gasteiger partial charge in [-0.3, -0.25) is 0 Å². The number of alkyl halides is 1. The molecule has 25 heavy (non-hydrogen) atoms. The van der Waals surface area contributed by atoms with Gasteiger partial charge in [-0.25, -0.2) is 0 Å². The molecule has 1 nitrogen and oxygen atoms in total. The Kier molecular flexibility index (Phi) is 6.81. The summed E-state index contributed by atoms with van der Waals surface area (Å²) in [6.45, 7) is 2.47. The van der Waals surface area contributed by atoms with Gasteiger partial charge in [-0.2, -0.15) is 0 Å². The zero-order valence-electron chi connectivity index (χ0n) is 15.1. The number of rotatable bonds is 7. The second-order valence-corrected chi connectivity index (χ2v) is 7.91. The zero-order chi connectivity index (χ0) is 17.5. The van der Waals surface area contributed by atoms with Crippen molar-refractivity contribution in [1.82, 2.24) is 0 Å². The second kappa shape index (κ2) is 9.29. The molecular weight excluding hydrogens is 328 g/mol. The molecule has 1 unspecified atom stereocenters. The van der Waals surface area contributed by atoms with Crippen LogP contribution in [0.15, 0.2) is 48.5 Å². The van der Waals surface area contributed by atoms with E-state index in [0.29, 0.717) is 6.61 Å². The van der Waals surface area contributed by atoms with E-state index in [1.54, 1.807) is 0 Å². The van der Waals surface area contributed by atoms with Gasteiger partial charge < -0.3 is 4.74 Å². The van der Waals surface area contributed by atoms with Crippen LogP contribution >= 0.6 is 11.6 Å². The van der Waals surface area contributed by atoms with Gasteiger partial charge >= 0.3 is 0 Å². The summed E-state index contributed by atoms with van der Waals surface area (Å²) in [6.07, 6.45) is 10.4. The van der Waals surface area contributed by atoms with Crippen molar-refractivity contribution in [2.45, 2.75) is 50.8 Å². The maximum atomic E-state index is 5.92. The maximum Gasteiger partial charge on any atom is 0.119 e. The van der Waals surface area contributed by atoms with E-state index in [9.17, 15) is 0 Å². The van der Waals surface area contributed by atoms with Gasteiger partial charge in [-0.05, 0) is 73.8 Å². The third-order valence-corrected chi connectivity index (χ3v) is 5.15. The first-order valence-corrected chi connectivity index (χ1v) is 9.92. The van der Waals surface area contributed by atoms with Crippen LogP contribution in [0.3, 0.4) is 0 Å². The summed E-state index contributed by atoms with van der Waals surface area (Å²) in [5.41, 5.74) is 3.93. The Balaban J connectivity index is 1.54. The first-order valence-electron chi connectivity index (χ1n) is 9.48. The van der Waals surface area contributed by atoms with Crippen LogP contribution in [0.2, 0.25) is 0 Å². The molecule has 0 N–H and O–H groups in total. The minimum absolute atomic E-state index is 0.0268. The number of benzene rings is 2. The topological polar surface area (TPSA) is 9.23 Å². The number of halogens is 1. The Morgan fingerprint density at radius 1 is 0.960 bits per heavy atom. The van der Waals surface area contributed by atoms with Gasteiger partial charge in [0, 0.05) is 0 Å². The van der Waals surface area contributed by atoms with Crippen molar-refractivity contribution < 1.29 is 4.74 Å².